The monoisotopic (exact) mass is 515 g/mol. The number of rotatable bonds is 6. The van der Waals surface area contributed by atoms with E-state index in [2.05, 4.69) is 20.3 Å². The number of hydrogen-bond donors (Lipinski definition) is 4. The maximum Gasteiger partial charge on any atom is 0.242 e. The Morgan fingerprint density at radius 3 is 2.39 bits per heavy atom. The van der Waals surface area contributed by atoms with Gasteiger partial charge >= 0.3 is 0 Å². The molecule has 0 radical (unpaired) electrons. The minimum atomic E-state index is -3.80. The second-order valence-corrected chi connectivity index (χ2v) is 12.3. The van der Waals surface area contributed by atoms with E-state index in [9.17, 15) is 17.6 Å². The fourth-order valence-corrected chi connectivity index (χ4v) is 7.45. The molecule has 194 valence electrons. The van der Waals surface area contributed by atoms with Gasteiger partial charge in [-0.2, -0.15) is 0 Å². The Morgan fingerprint density at radius 1 is 1.11 bits per heavy atom. The number of amides is 1. The SMILES string of the molecule is C[C@H](c1ccc(F)cc1)C1(C(N)=O)CCC(NS(=O)(=O)c2cnc3c(c2)N[C@H]2CCCC[C@@H]2N3)CC1. The first-order chi connectivity index (χ1) is 17.2. The summed E-state index contributed by atoms with van der Waals surface area (Å²) in [5, 5.41) is 6.93. The number of primary amides is 1. The van der Waals surface area contributed by atoms with Crippen LogP contribution in [0.15, 0.2) is 41.4 Å². The van der Waals surface area contributed by atoms with Crippen LogP contribution in [0.1, 0.15) is 69.8 Å². The van der Waals surface area contributed by atoms with Gasteiger partial charge in [0.15, 0.2) is 0 Å². The third-order valence-electron chi connectivity index (χ3n) is 8.49. The van der Waals surface area contributed by atoms with Crippen molar-refractivity contribution >= 4 is 27.4 Å². The molecule has 2 fully saturated rings. The van der Waals surface area contributed by atoms with Gasteiger partial charge in [-0.15, -0.1) is 0 Å². The standard InChI is InChI=1S/C26H34FN5O3S/c1-16(17-6-8-18(27)9-7-17)26(25(28)33)12-10-19(11-13-26)32-36(34,35)20-14-23-24(29-15-20)31-22-5-3-2-4-21(22)30-23/h6-9,14-16,19,21-22,30,32H,2-5,10-13H2,1H3,(H2,28,33)(H,29,31)/t16-,19?,21+,22+,26?/m1/s1. The number of halogens is 1. The summed E-state index contributed by atoms with van der Waals surface area (Å²) in [6.45, 7) is 1.93. The van der Waals surface area contributed by atoms with E-state index >= 15 is 0 Å². The number of nitrogens with one attached hydrogen (secondary N) is 3. The molecule has 36 heavy (non-hydrogen) atoms. The lowest BCUT2D eigenvalue weighted by Crippen LogP contribution is -2.48. The highest BCUT2D eigenvalue weighted by molar-refractivity contribution is 7.89. The van der Waals surface area contributed by atoms with Crippen LogP contribution < -0.4 is 21.1 Å². The molecule has 0 bridgehead atoms. The van der Waals surface area contributed by atoms with E-state index in [-0.39, 0.29) is 28.7 Å². The first-order valence-electron chi connectivity index (χ1n) is 12.8. The molecular weight excluding hydrogens is 481 g/mol. The highest BCUT2D eigenvalue weighted by atomic mass is 32.2. The first kappa shape index (κ1) is 25.0. The minimum absolute atomic E-state index is 0.122. The summed E-state index contributed by atoms with van der Waals surface area (Å²) in [7, 11) is -3.80. The third kappa shape index (κ3) is 4.68. The Hall–Kier alpha value is -2.72. The van der Waals surface area contributed by atoms with Gasteiger partial charge in [0.05, 0.1) is 11.1 Å². The molecular formula is C26H34FN5O3S. The van der Waals surface area contributed by atoms with Gasteiger partial charge in [-0.1, -0.05) is 31.9 Å². The van der Waals surface area contributed by atoms with Crippen molar-refractivity contribution in [1.29, 1.82) is 0 Å². The van der Waals surface area contributed by atoms with Gasteiger partial charge in [0.2, 0.25) is 15.9 Å². The quantitative estimate of drug-likeness (QED) is 0.463. The minimum Gasteiger partial charge on any atom is -0.377 e. The highest BCUT2D eigenvalue weighted by Crippen LogP contribution is 2.47. The number of hydrogen-bond acceptors (Lipinski definition) is 6. The number of sulfonamides is 1. The van der Waals surface area contributed by atoms with Gasteiger partial charge in [-0.25, -0.2) is 22.5 Å². The first-order valence-corrected chi connectivity index (χ1v) is 14.3. The van der Waals surface area contributed by atoms with Crippen molar-refractivity contribution in [3.05, 3.63) is 47.9 Å². The molecule has 2 aliphatic carbocycles. The summed E-state index contributed by atoms with van der Waals surface area (Å²) in [6, 6.07) is 8.06. The number of anilines is 2. The summed E-state index contributed by atoms with van der Waals surface area (Å²) in [5.74, 6) is -0.256. The zero-order valence-electron chi connectivity index (χ0n) is 20.5. The number of pyridine rings is 1. The number of carbonyl (C=O) groups excluding carboxylic acids is 1. The van der Waals surface area contributed by atoms with Crippen LogP contribution in [0, 0.1) is 11.2 Å². The molecule has 3 aliphatic rings. The Labute approximate surface area is 211 Å². The molecule has 1 aliphatic heterocycles. The van der Waals surface area contributed by atoms with Crippen molar-refractivity contribution in [2.45, 2.75) is 87.2 Å². The summed E-state index contributed by atoms with van der Waals surface area (Å²) in [5.41, 5.74) is 6.62. The number of carbonyl (C=O) groups is 1. The lowest BCUT2D eigenvalue weighted by Gasteiger charge is -2.42. The van der Waals surface area contributed by atoms with E-state index in [1.807, 2.05) is 6.92 Å². The predicted molar refractivity (Wildman–Crippen MR) is 137 cm³/mol. The second-order valence-electron chi connectivity index (χ2n) is 10.5. The largest absolute Gasteiger partial charge is 0.377 e. The molecule has 2 heterocycles. The number of aromatic nitrogens is 1. The van der Waals surface area contributed by atoms with E-state index in [0.29, 0.717) is 43.2 Å². The van der Waals surface area contributed by atoms with Crippen molar-refractivity contribution in [1.82, 2.24) is 9.71 Å². The van der Waals surface area contributed by atoms with E-state index < -0.39 is 21.3 Å². The maximum absolute atomic E-state index is 13.4. The molecule has 0 spiro atoms. The average Bonchev–Trinajstić information content (AvgIpc) is 2.87. The second kappa shape index (κ2) is 9.63. The normalized spacial score (nSPS) is 28.7. The van der Waals surface area contributed by atoms with Crippen LogP contribution in [0.25, 0.3) is 0 Å². The van der Waals surface area contributed by atoms with Gasteiger partial charge in [0, 0.05) is 24.3 Å². The molecule has 1 aromatic heterocycles. The van der Waals surface area contributed by atoms with E-state index in [0.717, 1.165) is 24.8 Å². The fourth-order valence-electron chi connectivity index (χ4n) is 6.17. The topological polar surface area (TPSA) is 126 Å². The molecule has 0 saturated heterocycles. The average molecular weight is 516 g/mol. The van der Waals surface area contributed by atoms with E-state index in [4.69, 9.17) is 5.73 Å². The summed E-state index contributed by atoms with van der Waals surface area (Å²) in [6.07, 6.45) is 7.73. The smallest absolute Gasteiger partial charge is 0.242 e. The van der Waals surface area contributed by atoms with Gasteiger partial charge in [0.1, 0.15) is 16.5 Å². The third-order valence-corrected chi connectivity index (χ3v) is 9.98. The van der Waals surface area contributed by atoms with Crippen LogP contribution in [-0.4, -0.2) is 37.4 Å². The van der Waals surface area contributed by atoms with Crippen molar-refractivity contribution in [3.63, 3.8) is 0 Å². The van der Waals surface area contributed by atoms with Crippen molar-refractivity contribution in [2.24, 2.45) is 11.1 Å². The van der Waals surface area contributed by atoms with Gasteiger partial charge in [-0.3, -0.25) is 4.79 Å². The maximum atomic E-state index is 13.4. The van der Waals surface area contributed by atoms with Crippen molar-refractivity contribution < 1.29 is 17.6 Å². The summed E-state index contributed by atoms with van der Waals surface area (Å²) in [4.78, 5) is 17.1. The molecule has 8 nitrogen and oxygen atoms in total. The van der Waals surface area contributed by atoms with Gasteiger partial charge in [0.25, 0.3) is 0 Å². The zero-order valence-corrected chi connectivity index (χ0v) is 21.3. The molecule has 2 saturated carbocycles. The molecule has 5 N–H and O–H groups in total. The molecule has 0 unspecified atom stereocenters. The van der Waals surface area contributed by atoms with Crippen LogP contribution in [0.2, 0.25) is 0 Å². The van der Waals surface area contributed by atoms with Gasteiger partial charge < -0.3 is 16.4 Å². The highest BCUT2D eigenvalue weighted by Gasteiger charge is 2.46. The Balaban J connectivity index is 1.27. The number of fused-ring (bicyclic) bond motifs is 2. The fraction of sp³-hybridized carbons (Fsp3) is 0.538. The van der Waals surface area contributed by atoms with Crippen molar-refractivity contribution in [3.8, 4) is 0 Å². The van der Waals surface area contributed by atoms with Crippen LogP contribution in [0.5, 0.6) is 0 Å². The lowest BCUT2D eigenvalue weighted by atomic mass is 9.63. The summed E-state index contributed by atoms with van der Waals surface area (Å²) >= 11 is 0. The molecule has 5 rings (SSSR count). The Kier molecular flexibility index (Phi) is 6.67. The van der Waals surface area contributed by atoms with Crippen LogP contribution >= 0.6 is 0 Å². The van der Waals surface area contributed by atoms with E-state index in [1.54, 1.807) is 18.2 Å². The molecule has 10 heteroatoms. The molecule has 3 atom stereocenters. The predicted octanol–water partition coefficient (Wildman–Crippen LogP) is 3.87. The Bertz CT molecular complexity index is 1230. The molecule has 1 aromatic carbocycles. The van der Waals surface area contributed by atoms with Gasteiger partial charge in [-0.05, 0) is 68.2 Å². The van der Waals surface area contributed by atoms with Crippen LogP contribution in [0.3, 0.4) is 0 Å². The molecule has 1 amide bonds. The van der Waals surface area contributed by atoms with Crippen LogP contribution in [0.4, 0.5) is 15.9 Å². The number of nitrogens with zero attached hydrogens (tertiary/aromatic N) is 1. The number of nitrogens with two attached hydrogens (primary N) is 1. The van der Waals surface area contributed by atoms with E-state index in [1.165, 1.54) is 24.8 Å². The number of benzene rings is 1. The Morgan fingerprint density at radius 2 is 1.75 bits per heavy atom. The van der Waals surface area contributed by atoms with Crippen molar-refractivity contribution in [2.75, 3.05) is 10.6 Å². The summed E-state index contributed by atoms with van der Waals surface area (Å²) < 4.78 is 42.7. The lowest BCUT2D eigenvalue weighted by molar-refractivity contribution is -0.131. The van der Waals surface area contributed by atoms with Crippen LogP contribution in [-0.2, 0) is 14.8 Å². The molecule has 2 aromatic rings. The zero-order chi connectivity index (χ0) is 25.5.